The van der Waals surface area contributed by atoms with Crippen LogP contribution in [0.1, 0.15) is 52.4 Å². The molecule has 13 heteroatoms. The van der Waals surface area contributed by atoms with E-state index in [-0.39, 0.29) is 43.8 Å². The van der Waals surface area contributed by atoms with Gasteiger partial charge in [-0.2, -0.15) is 0 Å². The number of hydrogen-bond acceptors (Lipinski definition) is 9. The number of ether oxygens (including phenoxy) is 1. The van der Waals surface area contributed by atoms with Crippen molar-refractivity contribution in [3.63, 3.8) is 0 Å². The summed E-state index contributed by atoms with van der Waals surface area (Å²) in [6, 6.07) is 5.44. The molecule has 1 aromatic heterocycles. The summed E-state index contributed by atoms with van der Waals surface area (Å²) in [6.45, 7) is 5.44. The van der Waals surface area contributed by atoms with E-state index in [1.807, 2.05) is 50.2 Å². The summed E-state index contributed by atoms with van der Waals surface area (Å²) in [5, 5.41) is 5.65. The minimum Gasteiger partial charge on any atom is -0.443 e. The summed E-state index contributed by atoms with van der Waals surface area (Å²) in [7, 11) is 3.87. The van der Waals surface area contributed by atoms with Crippen molar-refractivity contribution in [1.29, 1.82) is 0 Å². The molecule has 2 atom stereocenters. The molecule has 0 spiro atoms. The lowest BCUT2D eigenvalue weighted by atomic mass is 10.0. The minimum atomic E-state index is -0.870. The van der Waals surface area contributed by atoms with E-state index in [0.717, 1.165) is 26.6 Å². The van der Waals surface area contributed by atoms with E-state index in [4.69, 9.17) is 10.5 Å². The first-order valence-electron chi connectivity index (χ1n) is 13.4. The smallest absolute Gasteiger partial charge is 0.324 e. The molecule has 220 valence electrons. The summed E-state index contributed by atoms with van der Waals surface area (Å²) in [5.41, 5.74) is 9.31. The van der Waals surface area contributed by atoms with E-state index in [1.54, 1.807) is 13.8 Å². The molecule has 1 unspecified atom stereocenters. The lowest BCUT2D eigenvalue weighted by molar-refractivity contribution is -0.165. The molecule has 41 heavy (non-hydrogen) atoms. The van der Waals surface area contributed by atoms with Crippen molar-refractivity contribution in [2.45, 2.75) is 58.8 Å². The number of aryl methyl sites for hydroxylation is 1. The van der Waals surface area contributed by atoms with Gasteiger partial charge in [-0.1, -0.05) is 19.9 Å². The normalized spacial score (nSPS) is 17.5. The van der Waals surface area contributed by atoms with Gasteiger partial charge < -0.3 is 30.9 Å². The number of nitrogens with two attached hydrogens (primary N) is 1. The Bertz CT molecular complexity index is 1370. The van der Waals surface area contributed by atoms with E-state index >= 15 is 0 Å². The van der Waals surface area contributed by atoms with E-state index in [9.17, 15) is 24.0 Å². The third-order valence-corrected chi connectivity index (χ3v) is 8.38. The molecule has 2 aliphatic rings. The van der Waals surface area contributed by atoms with Crippen LogP contribution in [0.4, 0.5) is 16.2 Å². The van der Waals surface area contributed by atoms with Crippen LogP contribution >= 0.6 is 11.3 Å². The Morgan fingerprint density at radius 1 is 1.20 bits per heavy atom. The number of hydrogen-bond donors (Lipinski definition) is 3. The highest BCUT2D eigenvalue weighted by atomic mass is 32.1. The first-order valence-corrected chi connectivity index (χ1v) is 14.2. The van der Waals surface area contributed by atoms with E-state index in [0.29, 0.717) is 10.6 Å². The molecule has 1 saturated heterocycles. The number of nitrogens with one attached hydrogen (secondary N) is 2. The second kappa shape index (κ2) is 12.3. The SMILES string of the molecule is Cc1ccc(NC(=O)NCc2cc3c(s2)C(=O)N(C2CCC(=O)N(COC(=O)[C@H](N)C(C)C)C2=O)C3)cc1N(C)C. The second-order valence-corrected chi connectivity index (χ2v) is 11.9. The van der Waals surface area contributed by atoms with Gasteiger partial charge in [0.1, 0.15) is 12.1 Å². The maximum atomic E-state index is 13.2. The number of nitrogens with zero attached hydrogens (tertiary/aromatic N) is 3. The van der Waals surface area contributed by atoms with Crippen molar-refractivity contribution in [2.24, 2.45) is 11.7 Å². The summed E-state index contributed by atoms with van der Waals surface area (Å²) < 4.78 is 5.13. The van der Waals surface area contributed by atoms with Gasteiger partial charge in [-0.05, 0) is 48.6 Å². The number of anilines is 2. The summed E-state index contributed by atoms with van der Waals surface area (Å²) in [4.78, 5) is 69.0. The Morgan fingerprint density at radius 3 is 2.59 bits per heavy atom. The predicted octanol–water partition coefficient (Wildman–Crippen LogP) is 2.40. The van der Waals surface area contributed by atoms with Gasteiger partial charge in [-0.25, -0.2) is 9.69 Å². The van der Waals surface area contributed by atoms with Gasteiger partial charge in [0.25, 0.3) is 11.8 Å². The number of amides is 5. The number of carbonyl (C=O) groups is 5. The average Bonchev–Trinajstić information content (AvgIpc) is 3.46. The number of carbonyl (C=O) groups excluding carboxylic acids is 5. The topological polar surface area (TPSA) is 154 Å². The molecule has 0 bridgehead atoms. The van der Waals surface area contributed by atoms with Gasteiger partial charge in [-0.15, -0.1) is 11.3 Å². The number of imide groups is 1. The zero-order chi connectivity index (χ0) is 30.0. The zero-order valence-electron chi connectivity index (χ0n) is 23.9. The van der Waals surface area contributed by atoms with Crippen molar-refractivity contribution in [3.8, 4) is 0 Å². The Kier molecular flexibility index (Phi) is 8.98. The Morgan fingerprint density at radius 2 is 1.93 bits per heavy atom. The van der Waals surface area contributed by atoms with Crippen LogP contribution in [0.2, 0.25) is 0 Å². The fourth-order valence-corrected chi connectivity index (χ4v) is 5.83. The standard InChI is InChI=1S/C28H36N6O6S/c1-15(2)23(29)27(38)40-14-34-22(35)9-8-20(25(34)36)33-13-17-10-19(41-24(17)26(33)37)12-30-28(39)31-18-7-6-16(3)21(11-18)32(4)5/h6-7,10-11,15,20,23H,8-9,12-14,29H2,1-5H3,(H2,30,31,39)/t20?,23-/m1/s1. The molecule has 4 rings (SSSR count). The zero-order valence-corrected chi connectivity index (χ0v) is 24.7. The van der Waals surface area contributed by atoms with Crippen molar-refractivity contribution in [1.82, 2.24) is 15.1 Å². The molecule has 5 amide bonds. The molecule has 0 aliphatic carbocycles. The summed E-state index contributed by atoms with van der Waals surface area (Å²) in [5.74, 6) is -2.21. The molecule has 2 aliphatic heterocycles. The number of esters is 1. The van der Waals surface area contributed by atoms with E-state index in [1.165, 1.54) is 16.2 Å². The molecule has 0 radical (unpaired) electrons. The van der Waals surface area contributed by atoms with Gasteiger partial charge in [0, 0.05) is 43.3 Å². The van der Waals surface area contributed by atoms with Crippen molar-refractivity contribution < 1.29 is 28.7 Å². The largest absolute Gasteiger partial charge is 0.443 e. The molecular formula is C28H36N6O6S. The Labute approximate surface area is 242 Å². The second-order valence-electron chi connectivity index (χ2n) is 10.8. The Hall–Kier alpha value is -3.97. The first kappa shape index (κ1) is 30.0. The molecule has 1 fully saturated rings. The number of benzene rings is 1. The lowest BCUT2D eigenvalue weighted by Crippen LogP contribution is -2.55. The first-order chi connectivity index (χ1) is 19.4. The highest BCUT2D eigenvalue weighted by molar-refractivity contribution is 7.14. The minimum absolute atomic E-state index is 0.0446. The van der Waals surface area contributed by atoms with E-state index in [2.05, 4.69) is 10.6 Å². The van der Waals surface area contributed by atoms with Crippen LogP contribution < -0.4 is 21.3 Å². The highest BCUT2D eigenvalue weighted by Gasteiger charge is 2.44. The van der Waals surface area contributed by atoms with Gasteiger partial charge in [0.2, 0.25) is 5.91 Å². The van der Waals surface area contributed by atoms with Crippen LogP contribution in [0.5, 0.6) is 0 Å². The van der Waals surface area contributed by atoms with E-state index < -0.39 is 36.6 Å². The Balaban J connectivity index is 1.33. The molecule has 4 N–H and O–H groups in total. The predicted molar refractivity (Wildman–Crippen MR) is 154 cm³/mol. The highest BCUT2D eigenvalue weighted by Crippen LogP contribution is 2.34. The molecule has 1 aromatic carbocycles. The quantitative estimate of drug-likeness (QED) is 0.300. The van der Waals surface area contributed by atoms with Crippen molar-refractivity contribution >= 4 is 52.4 Å². The van der Waals surface area contributed by atoms with Gasteiger partial charge in [0.05, 0.1) is 11.4 Å². The van der Waals surface area contributed by atoms with Crippen LogP contribution in [-0.4, -0.2) is 72.4 Å². The number of likely N-dealkylation sites (tertiary alicyclic amines) is 1. The molecular weight excluding hydrogens is 548 g/mol. The number of urea groups is 1. The maximum Gasteiger partial charge on any atom is 0.324 e. The van der Waals surface area contributed by atoms with Gasteiger partial charge in [0.15, 0.2) is 6.73 Å². The molecule has 3 heterocycles. The number of thiophene rings is 1. The van der Waals surface area contributed by atoms with Crippen LogP contribution in [0.25, 0.3) is 0 Å². The summed E-state index contributed by atoms with van der Waals surface area (Å²) in [6.07, 6.45) is 0.236. The van der Waals surface area contributed by atoms with Crippen molar-refractivity contribution in [2.75, 3.05) is 31.0 Å². The fraction of sp³-hybridized carbons (Fsp3) is 0.464. The monoisotopic (exact) mass is 584 g/mol. The third kappa shape index (κ3) is 6.51. The van der Waals surface area contributed by atoms with Crippen LogP contribution in [0.3, 0.4) is 0 Å². The molecule has 0 saturated carbocycles. The average molecular weight is 585 g/mol. The van der Waals surface area contributed by atoms with Crippen LogP contribution in [-0.2, 0) is 32.2 Å². The molecule has 12 nitrogen and oxygen atoms in total. The number of piperidine rings is 1. The van der Waals surface area contributed by atoms with Crippen molar-refractivity contribution in [3.05, 3.63) is 45.1 Å². The lowest BCUT2D eigenvalue weighted by Gasteiger charge is -2.35. The summed E-state index contributed by atoms with van der Waals surface area (Å²) >= 11 is 1.26. The fourth-order valence-electron chi connectivity index (χ4n) is 4.76. The maximum absolute atomic E-state index is 13.2. The third-order valence-electron chi connectivity index (χ3n) is 7.21. The number of fused-ring (bicyclic) bond motifs is 1. The van der Waals surface area contributed by atoms with Gasteiger partial charge in [-0.3, -0.25) is 19.2 Å². The number of rotatable bonds is 9. The molecule has 2 aromatic rings. The van der Waals surface area contributed by atoms with Crippen LogP contribution in [0, 0.1) is 12.8 Å². The van der Waals surface area contributed by atoms with Gasteiger partial charge >= 0.3 is 12.0 Å². The van der Waals surface area contributed by atoms with Crippen LogP contribution in [0.15, 0.2) is 24.3 Å².